The van der Waals surface area contributed by atoms with Crippen molar-refractivity contribution in [2.24, 2.45) is 11.5 Å². The zero-order chi connectivity index (χ0) is 15.2. The number of hydrogen-bond donors (Lipinski definition) is 3. The Kier molecular flexibility index (Phi) is 11.6. The summed E-state index contributed by atoms with van der Waals surface area (Å²) in [7, 11) is 0. The van der Waals surface area contributed by atoms with E-state index in [2.05, 4.69) is 6.92 Å². The zero-order valence-electron chi connectivity index (χ0n) is 12.9. The van der Waals surface area contributed by atoms with Crippen LogP contribution in [0.2, 0.25) is 0 Å². The third-order valence-corrected chi connectivity index (χ3v) is 3.20. The van der Waals surface area contributed by atoms with Crippen molar-refractivity contribution >= 4 is 0 Å². The lowest BCUT2D eigenvalue weighted by Crippen LogP contribution is -2.06. The predicted molar refractivity (Wildman–Crippen MR) is 87.9 cm³/mol. The molecule has 114 valence electrons. The summed E-state index contributed by atoms with van der Waals surface area (Å²) < 4.78 is 0. The summed E-state index contributed by atoms with van der Waals surface area (Å²) in [6.45, 7) is 4.07. The van der Waals surface area contributed by atoms with Crippen LogP contribution >= 0.6 is 0 Å². The maximum absolute atomic E-state index is 9.93. The summed E-state index contributed by atoms with van der Waals surface area (Å²) in [5.74, 6) is 0. The van der Waals surface area contributed by atoms with Crippen LogP contribution in [-0.2, 0) is 0 Å². The summed E-state index contributed by atoms with van der Waals surface area (Å²) in [6, 6.07) is 0. The highest BCUT2D eigenvalue weighted by molar-refractivity contribution is 5.16. The minimum atomic E-state index is -0.211. The van der Waals surface area contributed by atoms with Gasteiger partial charge in [0.1, 0.15) is 0 Å². The van der Waals surface area contributed by atoms with Crippen LogP contribution in [0.1, 0.15) is 52.4 Å². The highest BCUT2D eigenvalue weighted by Gasteiger charge is 2.04. The van der Waals surface area contributed by atoms with Crippen molar-refractivity contribution in [1.29, 1.82) is 0 Å². The van der Waals surface area contributed by atoms with Gasteiger partial charge in [-0.2, -0.15) is 0 Å². The molecule has 0 amide bonds. The lowest BCUT2D eigenvalue weighted by Gasteiger charge is -2.10. The van der Waals surface area contributed by atoms with Crippen molar-refractivity contribution in [2.75, 3.05) is 0 Å². The first kappa shape index (κ1) is 18.5. The molecule has 3 heteroatoms. The zero-order valence-corrected chi connectivity index (χ0v) is 12.9. The van der Waals surface area contributed by atoms with E-state index in [1.165, 1.54) is 11.8 Å². The van der Waals surface area contributed by atoms with Crippen LogP contribution in [0.15, 0.2) is 47.9 Å². The maximum Gasteiger partial charge on any atom is 0.0540 e. The Bertz CT molecular complexity index is 354. The molecule has 0 saturated carbocycles. The number of nitrogens with two attached hydrogens (primary N) is 2. The summed E-state index contributed by atoms with van der Waals surface area (Å²) in [5, 5.41) is 9.93. The van der Waals surface area contributed by atoms with E-state index in [1.807, 2.05) is 31.2 Å². The van der Waals surface area contributed by atoms with Crippen molar-refractivity contribution in [2.45, 2.75) is 58.5 Å². The molecule has 0 saturated heterocycles. The van der Waals surface area contributed by atoms with Crippen LogP contribution in [0, 0.1) is 0 Å². The van der Waals surface area contributed by atoms with Crippen LogP contribution in [0.25, 0.3) is 0 Å². The average molecular weight is 278 g/mol. The van der Waals surface area contributed by atoms with Crippen molar-refractivity contribution in [3.8, 4) is 0 Å². The monoisotopic (exact) mass is 278 g/mol. The number of hydrogen-bond acceptors (Lipinski definition) is 3. The maximum atomic E-state index is 9.93. The second-order valence-electron chi connectivity index (χ2n) is 5.08. The fourth-order valence-corrected chi connectivity index (χ4v) is 2.04. The van der Waals surface area contributed by atoms with E-state index in [1.54, 1.807) is 6.20 Å². The Morgan fingerprint density at radius 2 is 1.80 bits per heavy atom. The minimum absolute atomic E-state index is 0.211. The highest BCUT2D eigenvalue weighted by atomic mass is 16.3. The van der Waals surface area contributed by atoms with E-state index >= 15 is 0 Å². The number of rotatable bonds is 10. The molecule has 1 atom stereocenters. The van der Waals surface area contributed by atoms with Gasteiger partial charge in [0, 0.05) is 0 Å². The Morgan fingerprint density at radius 3 is 2.35 bits per heavy atom. The van der Waals surface area contributed by atoms with Crippen molar-refractivity contribution in [1.82, 2.24) is 0 Å². The number of aliphatic hydroxyl groups excluding tert-OH is 1. The molecule has 0 aliphatic rings. The lowest BCUT2D eigenvalue weighted by molar-refractivity contribution is 0.149. The Hall–Kier alpha value is -1.48. The van der Waals surface area contributed by atoms with Crippen LogP contribution < -0.4 is 11.5 Å². The van der Waals surface area contributed by atoms with Gasteiger partial charge in [0.25, 0.3) is 0 Å². The SMILES string of the molecule is C/C=C\C(=C/N)CCCC(O)CCC/C(C)=C/C=C\N. The van der Waals surface area contributed by atoms with Gasteiger partial charge in [-0.05, 0) is 76.4 Å². The summed E-state index contributed by atoms with van der Waals surface area (Å²) in [5.41, 5.74) is 13.2. The average Bonchev–Trinajstić information content (AvgIpc) is 2.44. The molecule has 0 heterocycles. The van der Waals surface area contributed by atoms with Gasteiger partial charge in [-0.1, -0.05) is 23.8 Å². The second-order valence-corrected chi connectivity index (χ2v) is 5.08. The van der Waals surface area contributed by atoms with Gasteiger partial charge in [-0.15, -0.1) is 0 Å². The Morgan fingerprint density at radius 1 is 1.15 bits per heavy atom. The van der Waals surface area contributed by atoms with E-state index < -0.39 is 0 Å². The Balaban J connectivity index is 3.76. The summed E-state index contributed by atoms with van der Waals surface area (Å²) in [4.78, 5) is 0. The molecule has 0 bridgehead atoms. The standard InChI is InChI=1S/C17H30N2O/c1-3-7-16(14-19)10-5-12-17(20)11-4-8-15(2)9-6-13-18/h3,6-7,9,13-14,17,20H,4-5,8,10-12,18-19H2,1-2H3/b7-3-,13-6-,15-9+,16-14+. The van der Waals surface area contributed by atoms with Gasteiger partial charge < -0.3 is 16.6 Å². The molecule has 0 aromatic carbocycles. The van der Waals surface area contributed by atoms with Gasteiger partial charge in [0.2, 0.25) is 0 Å². The van der Waals surface area contributed by atoms with Gasteiger partial charge in [-0.3, -0.25) is 0 Å². The van der Waals surface area contributed by atoms with E-state index in [9.17, 15) is 5.11 Å². The molecule has 0 aromatic heterocycles. The fourth-order valence-electron chi connectivity index (χ4n) is 2.04. The first-order chi connectivity index (χ1) is 9.63. The predicted octanol–water partition coefficient (Wildman–Crippen LogP) is 3.53. The molecule has 0 aliphatic heterocycles. The van der Waals surface area contributed by atoms with E-state index in [0.717, 1.165) is 44.1 Å². The molecular weight excluding hydrogens is 248 g/mol. The molecule has 5 N–H and O–H groups in total. The largest absolute Gasteiger partial charge is 0.405 e. The lowest BCUT2D eigenvalue weighted by atomic mass is 10.0. The second kappa shape index (κ2) is 12.5. The van der Waals surface area contributed by atoms with Crippen molar-refractivity contribution in [3.63, 3.8) is 0 Å². The van der Waals surface area contributed by atoms with Gasteiger partial charge in [-0.25, -0.2) is 0 Å². The normalized spacial score (nSPS) is 15.3. The third kappa shape index (κ3) is 10.4. The van der Waals surface area contributed by atoms with Gasteiger partial charge in [0.15, 0.2) is 0 Å². The smallest absolute Gasteiger partial charge is 0.0540 e. The molecule has 0 rings (SSSR count). The first-order valence-corrected chi connectivity index (χ1v) is 7.39. The van der Waals surface area contributed by atoms with Crippen LogP contribution in [-0.4, -0.2) is 11.2 Å². The molecule has 3 nitrogen and oxygen atoms in total. The van der Waals surface area contributed by atoms with Gasteiger partial charge in [0.05, 0.1) is 6.10 Å². The fraction of sp³-hybridized carbons (Fsp3) is 0.529. The van der Waals surface area contributed by atoms with Crippen molar-refractivity contribution < 1.29 is 5.11 Å². The van der Waals surface area contributed by atoms with E-state index in [4.69, 9.17) is 11.5 Å². The molecule has 20 heavy (non-hydrogen) atoms. The summed E-state index contributed by atoms with van der Waals surface area (Å²) >= 11 is 0. The van der Waals surface area contributed by atoms with E-state index in [0.29, 0.717) is 0 Å². The Labute approximate surface area is 123 Å². The summed E-state index contributed by atoms with van der Waals surface area (Å²) in [6.07, 6.45) is 16.4. The molecule has 0 aliphatic carbocycles. The topological polar surface area (TPSA) is 72.3 Å². The third-order valence-electron chi connectivity index (χ3n) is 3.20. The molecule has 1 unspecified atom stereocenters. The molecular formula is C17H30N2O. The number of aliphatic hydroxyl groups is 1. The molecule has 0 spiro atoms. The molecule has 0 fully saturated rings. The van der Waals surface area contributed by atoms with Crippen LogP contribution in [0.3, 0.4) is 0 Å². The molecule has 0 aromatic rings. The highest BCUT2D eigenvalue weighted by Crippen LogP contribution is 2.14. The van der Waals surface area contributed by atoms with E-state index in [-0.39, 0.29) is 6.10 Å². The number of allylic oxidation sites excluding steroid dienone is 6. The quantitative estimate of drug-likeness (QED) is 0.535. The van der Waals surface area contributed by atoms with Crippen molar-refractivity contribution in [3.05, 3.63) is 47.9 Å². The van der Waals surface area contributed by atoms with Crippen LogP contribution in [0.4, 0.5) is 0 Å². The van der Waals surface area contributed by atoms with Crippen LogP contribution in [0.5, 0.6) is 0 Å². The molecule has 0 radical (unpaired) electrons. The first-order valence-electron chi connectivity index (χ1n) is 7.39. The van der Waals surface area contributed by atoms with Gasteiger partial charge >= 0.3 is 0 Å². The minimum Gasteiger partial charge on any atom is -0.405 e.